The molecule has 0 aromatic heterocycles. The third kappa shape index (κ3) is 5.38. The Morgan fingerprint density at radius 2 is 2.05 bits per heavy atom. The van der Waals surface area contributed by atoms with Gasteiger partial charge >= 0.3 is 0 Å². The van der Waals surface area contributed by atoms with Gasteiger partial charge < -0.3 is 9.16 Å². The molecule has 0 saturated carbocycles. The third-order valence-corrected chi connectivity index (χ3v) is 9.25. The summed E-state index contributed by atoms with van der Waals surface area (Å²) in [6, 6.07) is 0.427. The van der Waals surface area contributed by atoms with Crippen LogP contribution in [0.2, 0.25) is 18.1 Å². The lowest BCUT2D eigenvalue weighted by Gasteiger charge is -2.38. The van der Waals surface area contributed by atoms with Crippen LogP contribution in [0, 0.1) is 0 Å². The number of rotatable bonds is 7. The fourth-order valence-electron chi connectivity index (χ4n) is 2.27. The van der Waals surface area contributed by atoms with Crippen molar-refractivity contribution < 1.29 is 9.16 Å². The first-order chi connectivity index (χ1) is 9.71. The van der Waals surface area contributed by atoms with E-state index in [1.807, 2.05) is 6.21 Å². The van der Waals surface area contributed by atoms with Gasteiger partial charge in [-0.1, -0.05) is 27.7 Å². The Labute approximate surface area is 132 Å². The molecule has 1 heterocycles. The number of ether oxygens (including phenoxy) is 1. The summed E-state index contributed by atoms with van der Waals surface area (Å²) in [6.07, 6.45) is 5.47. The summed E-state index contributed by atoms with van der Waals surface area (Å²) in [5.74, 6) is 0. The van der Waals surface area contributed by atoms with Gasteiger partial charge in [-0.05, 0) is 37.4 Å². The lowest BCUT2D eigenvalue weighted by Crippen LogP contribution is -2.44. The van der Waals surface area contributed by atoms with Crippen molar-refractivity contribution in [2.24, 2.45) is 5.10 Å². The number of hydrazone groups is 1. The van der Waals surface area contributed by atoms with Gasteiger partial charge in [0, 0.05) is 13.7 Å². The first-order valence-electron chi connectivity index (χ1n) is 8.18. The van der Waals surface area contributed by atoms with Gasteiger partial charge in [-0.25, -0.2) is 0 Å². The van der Waals surface area contributed by atoms with E-state index in [-0.39, 0.29) is 11.1 Å². The molecule has 1 aliphatic rings. The molecule has 2 atom stereocenters. The molecule has 0 aromatic carbocycles. The smallest absolute Gasteiger partial charge is 0.192 e. The Hall–Kier alpha value is -0.393. The van der Waals surface area contributed by atoms with Crippen LogP contribution in [0.1, 0.15) is 47.0 Å². The minimum Gasteiger partial charge on any atom is -0.409 e. The molecule has 0 N–H and O–H groups in total. The largest absolute Gasteiger partial charge is 0.409 e. The van der Waals surface area contributed by atoms with E-state index in [2.05, 4.69) is 50.9 Å². The second-order valence-corrected chi connectivity index (χ2v) is 12.3. The Balaban J connectivity index is 2.63. The second-order valence-electron chi connectivity index (χ2n) is 7.50. The first kappa shape index (κ1) is 18.7. The summed E-state index contributed by atoms with van der Waals surface area (Å²) < 4.78 is 11.7. The maximum Gasteiger partial charge on any atom is 0.192 e. The van der Waals surface area contributed by atoms with Gasteiger partial charge in [0.1, 0.15) is 0 Å². The van der Waals surface area contributed by atoms with E-state index in [4.69, 9.17) is 9.16 Å². The summed E-state index contributed by atoms with van der Waals surface area (Å²) in [6.45, 7) is 15.4. The monoisotopic (exact) mass is 314 g/mol. The van der Waals surface area contributed by atoms with E-state index >= 15 is 0 Å². The average Bonchev–Trinajstić information content (AvgIpc) is 2.81. The van der Waals surface area contributed by atoms with Crippen LogP contribution in [0.3, 0.4) is 0 Å². The molecule has 1 rings (SSSR count). The van der Waals surface area contributed by atoms with Gasteiger partial charge in [-0.15, -0.1) is 0 Å². The van der Waals surface area contributed by atoms with Gasteiger partial charge in [-0.2, -0.15) is 5.10 Å². The predicted octanol–water partition coefficient (Wildman–Crippen LogP) is 3.88. The topological polar surface area (TPSA) is 34.1 Å². The number of nitrogens with zero attached hydrogens (tertiary/aromatic N) is 2. The Bertz CT molecular complexity index is 340. The molecular formula is C16H34N2O2Si. The summed E-state index contributed by atoms with van der Waals surface area (Å²) >= 11 is 0. The fraction of sp³-hybridized carbons (Fsp3) is 0.938. The van der Waals surface area contributed by atoms with Crippen molar-refractivity contribution in [1.29, 1.82) is 0 Å². The molecule has 1 saturated heterocycles. The Morgan fingerprint density at radius 3 is 2.57 bits per heavy atom. The van der Waals surface area contributed by atoms with Crippen molar-refractivity contribution in [2.75, 3.05) is 20.3 Å². The van der Waals surface area contributed by atoms with Crippen molar-refractivity contribution in [2.45, 2.75) is 77.2 Å². The van der Waals surface area contributed by atoms with Gasteiger partial charge in [-0.3, -0.25) is 5.01 Å². The van der Waals surface area contributed by atoms with Crippen molar-refractivity contribution in [3.63, 3.8) is 0 Å². The highest BCUT2D eigenvalue weighted by Gasteiger charge is 2.38. The Kier molecular flexibility index (Phi) is 6.88. The second kappa shape index (κ2) is 7.74. The molecule has 4 nitrogen and oxygen atoms in total. The van der Waals surface area contributed by atoms with Crippen LogP contribution >= 0.6 is 0 Å². The number of hydrogen-bond acceptors (Lipinski definition) is 4. The summed E-state index contributed by atoms with van der Waals surface area (Å²) in [4.78, 5) is 0. The van der Waals surface area contributed by atoms with E-state index in [0.717, 1.165) is 19.6 Å². The molecule has 0 spiro atoms. The molecule has 0 radical (unpaired) electrons. The van der Waals surface area contributed by atoms with Crippen molar-refractivity contribution in [3.8, 4) is 0 Å². The molecule has 124 valence electrons. The van der Waals surface area contributed by atoms with Crippen molar-refractivity contribution in [1.82, 2.24) is 5.01 Å². The molecule has 5 heteroatoms. The van der Waals surface area contributed by atoms with E-state index in [1.54, 1.807) is 7.11 Å². The zero-order chi connectivity index (χ0) is 16.1. The first-order valence-corrected chi connectivity index (χ1v) is 11.1. The quantitative estimate of drug-likeness (QED) is 0.528. The van der Waals surface area contributed by atoms with Crippen LogP contribution in [0.15, 0.2) is 5.10 Å². The molecule has 21 heavy (non-hydrogen) atoms. The molecule has 0 aliphatic carbocycles. The van der Waals surface area contributed by atoms with Gasteiger partial charge in [0.25, 0.3) is 0 Å². The third-order valence-electron chi connectivity index (χ3n) is 4.74. The normalized spacial score (nSPS) is 22.2. The summed E-state index contributed by atoms with van der Waals surface area (Å²) in [5, 5.41) is 7.09. The fourth-order valence-corrected chi connectivity index (χ4v) is 3.61. The van der Waals surface area contributed by atoms with Crippen molar-refractivity contribution >= 4 is 14.5 Å². The van der Waals surface area contributed by atoms with Crippen LogP contribution in [-0.4, -0.2) is 51.9 Å². The SMILES string of the molecule is CC[C@@H](/C=N/N1CCC[C@H]1COC)O[Si](C)(C)C(C)(C)C. The van der Waals surface area contributed by atoms with Gasteiger partial charge in [0.15, 0.2) is 8.32 Å². The molecular weight excluding hydrogens is 280 g/mol. The van der Waals surface area contributed by atoms with E-state index in [9.17, 15) is 0 Å². The summed E-state index contributed by atoms with van der Waals surface area (Å²) in [5.41, 5.74) is 0. The molecule has 0 amide bonds. The highest BCUT2D eigenvalue weighted by molar-refractivity contribution is 6.74. The van der Waals surface area contributed by atoms with Gasteiger partial charge in [0.2, 0.25) is 0 Å². The summed E-state index contributed by atoms with van der Waals surface area (Å²) in [7, 11) is 0.0272. The minimum absolute atomic E-state index is 0.120. The lowest BCUT2D eigenvalue weighted by molar-refractivity contribution is 0.117. The maximum atomic E-state index is 6.44. The Morgan fingerprint density at radius 1 is 1.38 bits per heavy atom. The standard InChI is InChI=1S/C16H34N2O2Si/c1-8-15(20-21(6,7)16(2,3)4)12-17-18-11-9-10-14(18)13-19-5/h12,14-15H,8-11,13H2,1-7H3/b17-12+/t14-,15-/m0/s1. The number of methoxy groups -OCH3 is 1. The van der Waals surface area contributed by atoms with Crippen molar-refractivity contribution in [3.05, 3.63) is 0 Å². The zero-order valence-corrected chi connectivity index (χ0v) is 16.0. The minimum atomic E-state index is -1.73. The van der Waals surface area contributed by atoms with Gasteiger partial charge in [0.05, 0.1) is 25.0 Å². The maximum absolute atomic E-state index is 6.44. The highest BCUT2D eigenvalue weighted by atomic mass is 28.4. The molecule has 0 bridgehead atoms. The van der Waals surface area contributed by atoms with E-state index in [1.165, 1.54) is 12.8 Å². The van der Waals surface area contributed by atoms with Crippen LogP contribution in [0.25, 0.3) is 0 Å². The van der Waals surface area contributed by atoms with Crippen LogP contribution < -0.4 is 0 Å². The highest BCUT2D eigenvalue weighted by Crippen LogP contribution is 2.37. The van der Waals surface area contributed by atoms with E-state index < -0.39 is 8.32 Å². The van der Waals surface area contributed by atoms with Crippen LogP contribution in [0.4, 0.5) is 0 Å². The molecule has 1 fully saturated rings. The van der Waals surface area contributed by atoms with Crippen LogP contribution in [0.5, 0.6) is 0 Å². The molecule has 1 aliphatic heterocycles. The van der Waals surface area contributed by atoms with E-state index in [0.29, 0.717) is 6.04 Å². The molecule has 0 aromatic rings. The lowest BCUT2D eigenvalue weighted by atomic mass is 10.2. The zero-order valence-electron chi connectivity index (χ0n) is 15.0. The predicted molar refractivity (Wildman–Crippen MR) is 92.5 cm³/mol. The molecule has 0 unspecified atom stereocenters. The van der Waals surface area contributed by atoms with Crippen LogP contribution in [-0.2, 0) is 9.16 Å². The number of hydrogen-bond donors (Lipinski definition) is 0. The average molecular weight is 315 g/mol.